The van der Waals surface area contributed by atoms with Gasteiger partial charge in [0.25, 0.3) is 11.8 Å². The lowest BCUT2D eigenvalue weighted by Gasteiger charge is -2.20. The van der Waals surface area contributed by atoms with Gasteiger partial charge in [0.2, 0.25) is 0 Å². The van der Waals surface area contributed by atoms with Gasteiger partial charge in [0.15, 0.2) is 0 Å². The van der Waals surface area contributed by atoms with Gasteiger partial charge in [-0.2, -0.15) is 0 Å². The summed E-state index contributed by atoms with van der Waals surface area (Å²) in [4.78, 5) is 25.7. The highest BCUT2D eigenvalue weighted by Crippen LogP contribution is 2.41. The molecule has 3 aromatic carbocycles. The van der Waals surface area contributed by atoms with Crippen LogP contribution in [-0.2, 0) is 0 Å². The van der Waals surface area contributed by atoms with Gasteiger partial charge >= 0.3 is 0 Å². The van der Waals surface area contributed by atoms with Crippen molar-refractivity contribution in [2.24, 2.45) is 0 Å². The highest BCUT2D eigenvalue weighted by Gasteiger charge is 2.21. The van der Waals surface area contributed by atoms with Gasteiger partial charge in [0, 0.05) is 11.1 Å². The lowest BCUT2D eigenvalue weighted by atomic mass is 10.1. The molecule has 0 fully saturated rings. The third-order valence-electron chi connectivity index (χ3n) is 4.28. The summed E-state index contributed by atoms with van der Waals surface area (Å²) in [6, 6.07) is 21.1. The molecule has 0 saturated heterocycles. The number of ether oxygens (including phenoxy) is 2. The molecule has 6 heteroatoms. The van der Waals surface area contributed by atoms with E-state index in [1.54, 1.807) is 60.7 Å². The van der Waals surface area contributed by atoms with Crippen LogP contribution in [0.15, 0.2) is 72.8 Å². The van der Waals surface area contributed by atoms with Gasteiger partial charge in [-0.15, -0.1) is 0 Å². The highest BCUT2D eigenvalue weighted by atomic mass is 16.5. The van der Waals surface area contributed by atoms with Crippen LogP contribution < -0.4 is 20.1 Å². The van der Waals surface area contributed by atoms with Crippen molar-refractivity contribution in [1.82, 2.24) is 0 Å². The summed E-state index contributed by atoms with van der Waals surface area (Å²) in [6.45, 7) is 4.49. The van der Waals surface area contributed by atoms with Crippen LogP contribution in [0, 0.1) is 0 Å². The van der Waals surface area contributed by atoms with Gasteiger partial charge in [-0.05, 0) is 50.2 Å². The number of carbonyl (C=O) groups excluding carboxylic acids is 2. The molecule has 30 heavy (non-hydrogen) atoms. The van der Waals surface area contributed by atoms with E-state index in [2.05, 4.69) is 10.6 Å². The molecule has 0 spiro atoms. The predicted molar refractivity (Wildman–Crippen MR) is 118 cm³/mol. The Kier molecular flexibility index (Phi) is 7.05. The second-order valence-corrected chi connectivity index (χ2v) is 6.32. The van der Waals surface area contributed by atoms with E-state index in [9.17, 15) is 9.59 Å². The standard InChI is InChI=1S/C24H24N2O4/c1-3-29-19-15-16-20(30-4-2)22(26-24(28)18-13-9-6-10-14-18)21(19)25-23(27)17-11-7-5-8-12-17/h5-16H,3-4H2,1-2H3,(H,25,27)(H,26,28). The minimum atomic E-state index is -0.319. The Bertz CT molecular complexity index is 922. The summed E-state index contributed by atoms with van der Waals surface area (Å²) in [7, 11) is 0. The lowest BCUT2D eigenvalue weighted by molar-refractivity contribution is 0.101. The molecule has 2 N–H and O–H groups in total. The number of nitrogens with one attached hydrogen (secondary N) is 2. The van der Waals surface area contributed by atoms with Crippen molar-refractivity contribution in [2.45, 2.75) is 13.8 Å². The maximum absolute atomic E-state index is 12.8. The van der Waals surface area contributed by atoms with E-state index < -0.39 is 0 Å². The number of amides is 2. The second kappa shape index (κ2) is 10.1. The van der Waals surface area contributed by atoms with E-state index in [0.29, 0.717) is 47.2 Å². The molecule has 0 unspecified atom stereocenters. The molecular formula is C24H24N2O4. The fourth-order valence-corrected chi connectivity index (χ4v) is 2.91. The predicted octanol–water partition coefficient (Wildman–Crippen LogP) is 4.99. The zero-order valence-corrected chi connectivity index (χ0v) is 17.0. The molecule has 2 amide bonds. The normalized spacial score (nSPS) is 10.2. The molecule has 154 valence electrons. The van der Waals surface area contributed by atoms with Crippen molar-refractivity contribution in [3.8, 4) is 11.5 Å². The van der Waals surface area contributed by atoms with Crippen LogP contribution in [0.4, 0.5) is 11.4 Å². The molecular weight excluding hydrogens is 380 g/mol. The van der Waals surface area contributed by atoms with Crippen molar-refractivity contribution >= 4 is 23.2 Å². The Balaban J connectivity index is 2.03. The number of hydrogen-bond donors (Lipinski definition) is 2. The zero-order valence-electron chi connectivity index (χ0n) is 17.0. The van der Waals surface area contributed by atoms with Crippen molar-refractivity contribution in [3.05, 3.63) is 83.9 Å². The number of benzene rings is 3. The fraction of sp³-hybridized carbons (Fsp3) is 0.167. The minimum Gasteiger partial charge on any atom is -0.492 e. The first-order valence-electron chi connectivity index (χ1n) is 9.79. The van der Waals surface area contributed by atoms with Crippen molar-refractivity contribution in [3.63, 3.8) is 0 Å². The van der Waals surface area contributed by atoms with Crippen LogP contribution in [0.2, 0.25) is 0 Å². The zero-order chi connectivity index (χ0) is 21.3. The summed E-state index contributed by atoms with van der Waals surface area (Å²) in [5.41, 5.74) is 1.67. The Labute approximate surface area is 175 Å². The van der Waals surface area contributed by atoms with E-state index in [0.717, 1.165) is 0 Å². The molecule has 0 aliphatic carbocycles. The SMILES string of the molecule is CCOc1ccc(OCC)c(NC(=O)c2ccccc2)c1NC(=O)c1ccccc1. The topological polar surface area (TPSA) is 76.7 Å². The Morgan fingerprint density at radius 1 is 0.633 bits per heavy atom. The molecule has 0 heterocycles. The van der Waals surface area contributed by atoms with E-state index in [-0.39, 0.29) is 11.8 Å². The molecule has 0 aliphatic rings. The summed E-state index contributed by atoms with van der Waals surface area (Å²) >= 11 is 0. The van der Waals surface area contributed by atoms with E-state index in [1.165, 1.54) is 0 Å². The first kappa shape index (κ1) is 20.9. The molecule has 3 rings (SSSR count). The molecule has 0 radical (unpaired) electrons. The van der Waals surface area contributed by atoms with E-state index in [4.69, 9.17) is 9.47 Å². The Morgan fingerprint density at radius 3 is 1.33 bits per heavy atom. The van der Waals surface area contributed by atoms with Gasteiger partial charge in [-0.25, -0.2) is 0 Å². The number of anilines is 2. The first-order chi connectivity index (χ1) is 14.6. The molecule has 6 nitrogen and oxygen atoms in total. The van der Waals surface area contributed by atoms with Gasteiger partial charge in [-0.1, -0.05) is 36.4 Å². The van der Waals surface area contributed by atoms with E-state index >= 15 is 0 Å². The number of rotatable bonds is 8. The monoisotopic (exact) mass is 404 g/mol. The number of hydrogen-bond acceptors (Lipinski definition) is 4. The largest absolute Gasteiger partial charge is 0.492 e. The quantitative estimate of drug-likeness (QED) is 0.555. The van der Waals surface area contributed by atoms with Gasteiger partial charge < -0.3 is 20.1 Å². The van der Waals surface area contributed by atoms with Gasteiger partial charge in [0.1, 0.15) is 22.9 Å². The lowest BCUT2D eigenvalue weighted by Crippen LogP contribution is -2.18. The van der Waals surface area contributed by atoms with Crippen LogP contribution in [0.1, 0.15) is 34.6 Å². The summed E-state index contributed by atoms with van der Waals surface area (Å²) in [6.07, 6.45) is 0. The van der Waals surface area contributed by atoms with Crippen molar-refractivity contribution < 1.29 is 19.1 Å². The Morgan fingerprint density at radius 2 is 1.00 bits per heavy atom. The van der Waals surface area contributed by atoms with Crippen LogP contribution in [0.25, 0.3) is 0 Å². The van der Waals surface area contributed by atoms with Crippen LogP contribution in [0.3, 0.4) is 0 Å². The summed E-state index contributed by atoms with van der Waals surface area (Å²) < 4.78 is 11.4. The first-order valence-corrected chi connectivity index (χ1v) is 9.79. The Hall–Kier alpha value is -3.80. The fourth-order valence-electron chi connectivity index (χ4n) is 2.91. The summed E-state index contributed by atoms with van der Waals surface area (Å²) in [5.74, 6) is 0.239. The average Bonchev–Trinajstić information content (AvgIpc) is 2.78. The van der Waals surface area contributed by atoms with Crippen molar-refractivity contribution in [1.29, 1.82) is 0 Å². The molecule has 0 aromatic heterocycles. The third kappa shape index (κ3) is 4.97. The van der Waals surface area contributed by atoms with Gasteiger partial charge in [-0.3, -0.25) is 9.59 Å². The van der Waals surface area contributed by atoms with Gasteiger partial charge in [0.05, 0.1) is 13.2 Å². The maximum atomic E-state index is 12.8. The molecule has 0 saturated carbocycles. The van der Waals surface area contributed by atoms with Crippen molar-refractivity contribution in [2.75, 3.05) is 23.8 Å². The van der Waals surface area contributed by atoms with E-state index in [1.807, 2.05) is 26.0 Å². The third-order valence-corrected chi connectivity index (χ3v) is 4.28. The maximum Gasteiger partial charge on any atom is 0.255 e. The summed E-state index contributed by atoms with van der Waals surface area (Å²) in [5, 5.41) is 5.75. The molecule has 0 atom stereocenters. The van der Waals surface area contributed by atoms with Crippen LogP contribution in [0.5, 0.6) is 11.5 Å². The molecule has 0 aliphatic heterocycles. The van der Waals surface area contributed by atoms with Crippen LogP contribution in [-0.4, -0.2) is 25.0 Å². The highest BCUT2D eigenvalue weighted by molar-refractivity contribution is 6.12. The minimum absolute atomic E-state index is 0.319. The van der Waals surface area contributed by atoms with Crippen LogP contribution >= 0.6 is 0 Å². The average molecular weight is 404 g/mol. The number of carbonyl (C=O) groups is 2. The molecule has 3 aromatic rings. The second-order valence-electron chi connectivity index (χ2n) is 6.32. The molecule has 0 bridgehead atoms. The smallest absolute Gasteiger partial charge is 0.255 e.